The van der Waals surface area contributed by atoms with Crippen molar-refractivity contribution in [1.29, 1.82) is 0 Å². The molecule has 0 aliphatic rings. The van der Waals surface area contributed by atoms with Crippen molar-refractivity contribution < 1.29 is 14.7 Å². The van der Waals surface area contributed by atoms with Crippen LogP contribution in [0.2, 0.25) is 10.0 Å². The van der Waals surface area contributed by atoms with Crippen LogP contribution in [0.4, 0.5) is 0 Å². The number of hydrogen-bond donors (Lipinski definition) is 2. The number of carbonyl (C=O) groups excluding carboxylic acids is 1. The van der Waals surface area contributed by atoms with Gasteiger partial charge in [0.1, 0.15) is 6.54 Å². The van der Waals surface area contributed by atoms with Crippen molar-refractivity contribution >= 4 is 35.1 Å². The van der Waals surface area contributed by atoms with Gasteiger partial charge in [0.05, 0.1) is 16.6 Å². The van der Waals surface area contributed by atoms with Crippen molar-refractivity contribution in [1.82, 2.24) is 10.2 Å². The van der Waals surface area contributed by atoms with Gasteiger partial charge in [-0.3, -0.25) is 14.5 Å². The van der Waals surface area contributed by atoms with Gasteiger partial charge in [-0.05, 0) is 31.5 Å². The first-order chi connectivity index (χ1) is 9.79. The van der Waals surface area contributed by atoms with E-state index in [2.05, 4.69) is 5.32 Å². The molecule has 0 spiro atoms. The summed E-state index contributed by atoms with van der Waals surface area (Å²) in [6.45, 7) is 4.18. The van der Waals surface area contributed by atoms with E-state index in [1.807, 2.05) is 24.8 Å². The molecule has 0 aliphatic heterocycles. The minimum atomic E-state index is -1.07. The zero-order valence-electron chi connectivity index (χ0n) is 11.9. The quantitative estimate of drug-likeness (QED) is 0.804. The average Bonchev–Trinajstić information content (AvgIpc) is 2.39. The van der Waals surface area contributed by atoms with Gasteiger partial charge in [-0.15, -0.1) is 0 Å². The molecule has 5 nitrogen and oxygen atoms in total. The van der Waals surface area contributed by atoms with E-state index in [0.717, 1.165) is 5.56 Å². The van der Waals surface area contributed by atoms with Gasteiger partial charge < -0.3 is 10.4 Å². The molecule has 21 heavy (non-hydrogen) atoms. The Hall–Kier alpha value is -1.30. The first-order valence-electron chi connectivity index (χ1n) is 6.46. The third kappa shape index (κ3) is 6.33. The molecule has 1 aromatic carbocycles. The summed E-state index contributed by atoms with van der Waals surface area (Å²) in [4.78, 5) is 24.1. The van der Waals surface area contributed by atoms with E-state index in [-0.39, 0.29) is 25.0 Å². The van der Waals surface area contributed by atoms with Crippen LogP contribution in [-0.4, -0.2) is 41.0 Å². The van der Waals surface area contributed by atoms with E-state index in [0.29, 0.717) is 16.6 Å². The van der Waals surface area contributed by atoms with Crippen molar-refractivity contribution in [2.45, 2.75) is 26.4 Å². The summed E-state index contributed by atoms with van der Waals surface area (Å²) in [5, 5.41) is 11.8. The van der Waals surface area contributed by atoms with E-state index < -0.39 is 5.97 Å². The molecule has 0 saturated carbocycles. The lowest BCUT2D eigenvalue weighted by Gasteiger charge is -2.26. The Labute approximate surface area is 133 Å². The average molecular weight is 333 g/mol. The fraction of sp³-hybridized carbons (Fsp3) is 0.429. The van der Waals surface area contributed by atoms with Gasteiger partial charge in [-0.25, -0.2) is 0 Å². The van der Waals surface area contributed by atoms with Crippen LogP contribution in [0.3, 0.4) is 0 Å². The van der Waals surface area contributed by atoms with Crippen molar-refractivity contribution in [2.24, 2.45) is 0 Å². The number of halogens is 2. The lowest BCUT2D eigenvalue weighted by atomic mass is 10.2. The van der Waals surface area contributed by atoms with Crippen LogP contribution in [0.5, 0.6) is 0 Å². The number of benzene rings is 1. The highest BCUT2D eigenvalue weighted by molar-refractivity contribution is 6.42. The highest BCUT2D eigenvalue weighted by atomic mass is 35.5. The smallest absolute Gasteiger partial charge is 0.322 e. The van der Waals surface area contributed by atoms with Gasteiger partial charge >= 0.3 is 5.97 Å². The fourth-order valence-electron chi connectivity index (χ4n) is 1.71. The van der Waals surface area contributed by atoms with E-state index in [1.165, 1.54) is 0 Å². The Balaban J connectivity index is 2.67. The van der Waals surface area contributed by atoms with E-state index in [9.17, 15) is 9.59 Å². The molecular formula is C14H18Cl2N2O3. The molecule has 0 atom stereocenters. The number of hydrogen-bond acceptors (Lipinski definition) is 3. The summed E-state index contributed by atoms with van der Waals surface area (Å²) in [6.07, 6.45) is 0. The summed E-state index contributed by atoms with van der Waals surface area (Å²) >= 11 is 11.8. The summed E-state index contributed by atoms with van der Waals surface area (Å²) in [6, 6.07) is 5.44. The zero-order valence-corrected chi connectivity index (χ0v) is 13.4. The number of nitrogens with zero attached hydrogens (tertiary/aromatic N) is 1. The zero-order chi connectivity index (χ0) is 16.0. The van der Waals surface area contributed by atoms with Crippen molar-refractivity contribution in [3.8, 4) is 0 Å². The van der Waals surface area contributed by atoms with Crippen molar-refractivity contribution in [2.75, 3.05) is 13.1 Å². The molecule has 0 radical (unpaired) electrons. The number of rotatable bonds is 7. The first-order valence-corrected chi connectivity index (χ1v) is 7.21. The van der Waals surface area contributed by atoms with E-state index in [1.54, 1.807) is 12.1 Å². The predicted octanol–water partition coefficient (Wildman–Crippen LogP) is 2.40. The van der Waals surface area contributed by atoms with Crippen LogP contribution in [0.25, 0.3) is 0 Å². The first kappa shape index (κ1) is 17.8. The standard InChI is InChI=1S/C14H18Cl2N2O3/c1-9(2)18(8-13(19)17-6-14(20)21)7-10-3-4-11(15)12(16)5-10/h3-5,9H,6-8H2,1-2H3,(H,17,19)(H,20,21). The summed E-state index contributed by atoms with van der Waals surface area (Å²) in [5.41, 5.74) is 0.934. The highest BCUT2D eigenvalue weighted by Gasteiger charge is 2.15. The van der Waals surface area contributed by atoms with Crippen molar-refractivity contribution in [3.05, 3.63) is 33.8 Å². The van der Waals surface area contributed by atoms with Crippen LogP contribution in [0, 0.1) is 0 Å². The number of amides is 1. The number of carboxylic acid groups (broad SMARTS) is 1. The lowest BCUT2D eigenvalue weighted by Crippen LogP contribution is -2.41. The SMILES string of the molecule is CC(C)N(CC(=O)NCC(=O)O)Cc1ccc(Cl)c(Cl)c1. The molecule has 2 N–H and O–H groups in total. The van der Waals surface area contributed by atoms with Crippen LogP contribution < -0.4 is 5.32 Å². The van der Waals surface area contributed by atoms with Crippen LogP contribution in [0.1, 0.15) is 19.4 Å². The topological polar surface area (TPSA) is 69.6 Å². The van der Waals surface area contributed by atoms with Crippen LogP contribution in [0.15, 0.2) is 18.2 Å². The van der Waals surface area contributed by atoms with Gasteiger partial charge in [-0.1, -0.05) is 29.3 Å². The Morgan fingerprint density at radius 1 is 1.29 bits per heavy atom. The molecule has 116 valence electrons. The molecule has 0 aromatic heterocycles. The third-order valence-electron chi connectivity index (χ3n) is 2.88. The normalized spacial score (nSPS) is 11.0. The van der Waals surface area contributed by atoms with Gasteiger partial charge in [0.2, 0.25) is 5.91 Å². The Morgan fingerprint density at radius 3 is 2.48 bits per heavy atom. The minimum Gasteiger partial charge on any atom is -0.480 e. The van der Waals surface area contributed by atoms with Gasteiger partial charge in [0, 0.05) is 12.6 Å². The highest BCUT2D eigenvalue weighted by Crippen LogP contribution is 2.23. The second-order valence-electron chi connectivity index (χ2n) is 4.92. The summed E-state index contributed by atoms with van der Waals surface area (Å²) in [5.74, 6) is -1.39. The molecule has 0 heterocycles. The Bertz CT molecular complexity index is 521. The molecule has 0 aliphatic carbocycles. The second kappa shape index (κ2) is 8.22. The molecule has 0 saturated heterocycles. The third-order valence-corrected chi connectivity index (χ3v) is 3.62. The van der Waals surface area contributed by atoms with Gasteiger partial charge in [0.25, 0.3) is 0 Å². The van der Waals surface area contributed by atoms with Gasteiger partial charge in [0.15, 0.2) is 0 Å². The second-order valence-corrected chi connectivity index (χ2v) is 5.73. The van der Waals surface area contributed by atoms with Gasteiger partial charge in [-0.2, -0.15) is 0 Å². The number of aliphatic carboxylic acids is 1. The van der Waals surface area contributed by atoms with Crippen LogP contribution >= 0.6 is 23.2 Å². The molecule has 0 fully saturated rings. The predicted molar refractivity (Wildman–Crippen MR) is 82.7 cm³/mol. The molecule has 1 rings (SSSR count). The monoisotopic (exact) mass is 332 g/mol. The lowest BCUT2D eigenvalue weighted by molar-refractivity contribution is -0.138. The summed E-state index contributed by atoms with van der Waals surface area (Å²) < 4.78 is 0. The number of carbonyl (C=O) groups is 2. The Kier molecular flexibility index (Phi) is 6.95. The molecule has 0 unspecified atom stereocenters. The van der Waals surface area contributed by atoms with E-state index >= 15 is 0 Å². The minimum absolute atomic E-state index is 0.116. The molecule has 7 heteroatoms. The maximum atomic E-state index is 11.7. The molecule has 1 amide bonds. The molecule has 1 aromatic rings. The summed E-state index contributed by atoms with van der Waals surface area (Å²) in [7, 11) is 0. The van der Waals surface area contributed by atoms with Crippen LogP contribution in [-0.2, 0) is 16.1 Å². The largest absolute Gasteiger partial charge is 0.480 e. The number of carboxylic acids is 1. The fourth-order valence-corrected chi connectivity index (χ4v) is 2.03. The maximum absolute atomic E-state index is 11.7. The molecule has 0 bridgehead atoms. The maximum Gasteiger partial charge on any atom is 0.322 e. The Morgan fingerprint density at radius 2 is 1.95 bits per heavy atom. The molecular weight excluding hydrogens is 315 g/mol. The van der Waals surface area contributed by atoms with E-state index in [4.69, 9.17) is 28.3 Å². The van der Waals surface area contributed by atoms with Crippen molar-refractivity contribution in [3.63, 3.8) is 0 Å². The number of nitrogens with one attached hydrogen (secondary N) is 1.